The van der Waals surface area contributed by atoms with Crippen LogP contribution in [0.2, 0.25) is 0 Å². The highest BCUT2D eigenvalue weighted by atomic mass is 32.1. The minimum absolute atomic E-state index is 0.0477. The fourth-order valence-corrected chi connectivity index (χ4v) is 4.14. The molecule has 6 nitrogen and oxygen atoms in total. The van der Waals surface area contributed by atoms with E-state index in [0.29, 0.717) is 32.6 Å². The molecule has 0 atom stereocenters. The predicted octanol–water partition coefficient (Wildman–Crippen LogP) is 6.92. The number of thiophene rings is 1. The van der Waals surface area contributed by atoms with Crippen LogP contribution in [0, 0.1) is 34.3 Å². The van der Waals surface area contributed by atoms with Crippen molar-refractivity contribution in [2.24, 2.45) is 0 Å². The third-order valence-corrected chi connectivity index (χ3v) is 6.01. The first kappa shape index (κ1) is 22.0. The number of fused-ring (bicyclic) bond motifs is 1. The number of hydrogen-bond donors (Lipinski definition) is 1. The molecule has 0 fully saturated rings. The SMILES string of the molecule is N#Cc1ccc(Nc2nc(Oc3ccc(-c4ccc(C#N)cc4)c(F)c3F)c3sccc3n2)cc1. The predicted molar refractivity (Wildman–Crippen MR) is 128 cm³/mol. The Labute approximate surface area is 202 Å². The average molecular weight is 481 g/mol. The molecule has 168 valence electrons. The molecule has 0 aliphatic heterocycles. The Morgan fingerprint density at radius 1 is 0.800 bits per heavy atom. The van der Waals surface area contributed by atoms with E-state index >= 15 is 0 Å². The van der Waals surface area contributed by atoms with Gasteiger partial charge in [0, 0.05) is 11.3 Å². The molecule has 0 amide bonds. The van der Waals surface area contributed by atoms with Crippen LogP contribution in [0.4, 0.5) is 20.4 Å². The molecule has 0 aliphatic carbocycles. The summed E-state index contributed by atoms with van der Waals surface area (Å²) in [5, 5.41) is 22.7. The summed E-state index contributed by atoms with van der Waals surface area (Å²) in [5.41, 5.74) is 2.63. The van der Waals surface area contributed by atoms with E-state index in [0.717, 1.165) is 0 Å². The van der Waals surface area contributed by atoms with E-state index in [1.165, 1.54) is 35.6 Å². The van der Waals surface area contributed by atoms with Crippen LogP contribution < -0.4 is 10.1 Å². The van der Waals surface area contributed by atoms with Crippen LogP contribution in [-0.4, -0.2) is 9.97 Å². The van der Waals surface area contributed by atoms with Crippen LogP contribution in [0.15, 0.2) is 72.1 Å². The molecule has 0 radical (unpaired) electrons. The minimum atomic E-state index is -1.16. The Kier molecular flexibility index (Phi) is 5.76. The quantitative estimate of drug-likeness (QED) is 0.293. The van der Waals surface area contributed by atoms with Crippen LogP contribution in [0.25, 0.3) is 21.3 Å². The molecule has 1 N–H and O–H groups in total. The molecule has 0 spiro atoms. The number of nitriles is 2. The second-order valence-electron chi connectivity index (χ2n) is 7.33. The average Bonchev–Trinajstić information content (AvgIpc) is 3.36. The summed E-state index contributed by atoms with van der Waals surface area (Å²) in [6, 6.07) is 21.4. The van der Waals surface area contributed by atoms with Gasteiger partial charge in [-0.25, -0.2) is 9.37 Å². The monoisotopic (exact) mass is 481 g/mol. The molecule has 9 heteroatoms. The molecule has 2 aromatic heterocycles. The highest BCUT2D eigenvalue weighted by molar-refractivity contribution is 7.17. The van der Waals surface area contributed by atoms with Crippen LogP contribution in [0.3, 0.4) is 0 Å². The molecule has 5 rings (SSSR count). The first-order valence-corrected chi connectivity index (χ1v) is 11.1. The van der Waals surface area contributed by atoms with Crippen molar-refractivity contribution < 1.29 is 13.5 Å². The van der Waals surface area contributed by atoms with Crippen molar-refractivity contribution in [3.8, 4) is 34.9 Å². The highest BCUT2D eigenvalue weighted by Gasteiger charge is 2.19. The topological polar surface area (TPSA) is 94.6 Å². The molecule has 3 aromatic carbocycles. The zero-order valence-electron chi connectivity index (χ0n) is 17.8. The van der Waals surface area contributed by atoms with Crippen molar-refractivity contribution in [1.82, 2.24) is 9.97 Å². The lowest BCUT2D eigenvalue weighted by Crippen LogP contribution is -2.01. The zero-order chi connectivity index (χ0) is 24.4. The standard InChI is InChI=1S/C26H13F2N5OS/c27-22-19(17-5-1-15(13-29)2-6-17)9-10-21(23(22)28)34-25-24-20(11-12-35-24)32-26(33-25)31-18-7-3-16(14-30)4-8-18/h1-12H,(H,31,32,33). The second-order valence-corrected chi connectivity index (χ2v) is 8.25. The lowest BCUT2D eigenvalue weighted by molar-refractivity contribution is 0.410. The van der Waals surface area contributed by atoms with Crippen LogP contribution in [0.5, 0.6) is 11.6 Å². The highest BCUT2D eigenvalue weighted by Crippen LogP contribution is 2.36. The second kappa shape index (κ2) is 9.18. The van der Waals surface area contributed by atoms with Gasteiger partial charge in [-0.1, -0.05) is 12.1 Å². The Hall–Kier alpha value is -4.86. The van der Waals surface area contributed by atoms with Gasteiger partial charge in [-0.3, -0.25) is 0 Å². The van der Waals surface area contributed by atoms with E-state index in [9.17, 15) is 8.78 Å². The lowest BCUT2D eigenvalue weighted by Gasteiger charge is -2.12. The first-order valence-electron chi connectivity index (χ1n) is 10.2. The summed E-state index contributed by atoms with van der Waals surface area (Å²) < 4.78 is 36.2. The van der Waals surface area contributed by atoms with Gasteiger partial charge in [0.1, 0.15) is 4.70 Å². The number of benzene rings is 3. The Morgan fingerprint density at radius 3 is 2.17 bits per heavy atom. The van der Waals surface area contributed by atoms with E-state index in [2.05, 4.69) is 15.3 Å². The van der Waals surface area contributed by atoms with Gasteiger partial charge >= 0.3 is 0 Å². The van der Waals surface area contributed by atoms with Gasteiger partial charge in [-0.15, -0.1) is 11.3 Å². The summed E-state index contributed by atoms with van der Waals surface area (Å²) in [4.78, 5) is 8.79. The molecule has 35 heavy (non-hydrogen) atoms. The normalized spacial score (nSPS) is 10.5. The number of aromatic nitrogens is 2. The van der Waals surface area contributed by atoms with Crippen molar-refractivity contribution in [1.29, 1.82) is 10.5 Å². The van der Waals surface area contributed by atoms with Gasteiger partial charge < -0.3 is 10.1 Å². The maximum Gasteiger partial charge on any atom is 0.242 e. The maximum atomic E-state index is 15.0. The van der Waals surface area contributed by atoms with Crippen LogP contribution in [0.1, 0.15) is 11.1 Å². The molecule has 5 aromatic rings. The lowest BCUT2D eigenvalue weighted by atomic mass is 10.0. The Bertz CT molecular complexity index is 1630. The molecule has 0 unspecified atom stereocenters. The van der Waals surface area contributed by atoms with Gasteiger partial charge in [0.05, 0.1) is 28.8 Å². The van der Waals surface area contributed by atoms with E-state index in [1.54, 1.807) is 47.8 Å². The Balaban J connectivity index is 1.47. The maximum absolute atomic E-state index is 15.0. The van der Waals surface area contributed by atoms with Crippen molar-refractivity contribution in [2.75, 3.05) is 5.32 Å². The fraction of sp³-hybridized carbons (Fsp3) is 0. The molecule has 0 saturated carbocycles. The third kappa shape index (κ3) is 4.36. The summed E-state index contributed by atoms with van der Waals surface area (Å²) in [6.45, 7) is 0. The number of halogens is 2. The fourth-order valence-electron chi connectivity index (χ4n) is 3.38. The molecular formula is C26H13F2N5OS. The Morgan fingerprint density at radius 2 is 1.49 bits per heavy atom. The van der Waals surface area contributed by atoms with Gasteiger partial charge in [0.15, 0.2) is 11.6 Å². The number of ether oxygens (including phenoxy) is 1. The molecule has 2 heterocycles. The number of anilines is 2. The van der Waals surface area contributed by atoms with Gasteiger partial charge in [0.25, 0.3) is 0 Å². The first-order chi connectivity index (χ1) is 17.1. The smallest absolute Gasteiger partial charge is 0.242 e. The van der Waals surface area contributed by atoms with E-state index < -0.39 is 11.6 Å². The van der Waals surface area contributed by atoms with Crippen molar-refractivity contribution >= 4 is 33.2 Å². The van der Waals surface area contributed by atoms with Gasteiger partial charge in [-0.05, 0) is 65.5 Å². The van der Waals surface area contributed by atoms with Gasteiger partial charge in [0.2, 0.25) is 17.6 Å². The third-order valence-electron chi connectivity index (χ3n) is 5.12. The van der Waals surface area contributed by atoms with Gasteiger partial charge in [-0.2, -0.15) is 19.9 Å². The number of rotatable bonds is 5. The van der Waals surface area contributed by atoms with E-state index in [-0.39, 0.29) is 23.1 Å². The van der Waals surface area contributed by atoms with E-state index in [1.807, 2.05) is 12.1 Å². The van der Waals surface area contributed by atoms with Crippen molar-refractivity contribution in [2.45, 2.75) is 0 Å². The largest absolute Gasteiger partial charge is 0.434 e. The summed E-state index contributed by atoms with van der Waals surface area (Å²) >= 11 is 1.31. The molecular weight excluding hydrogens is 468 g/mol. The van der Waals surface area contributed by atoms with E-state index in [4.69, 9.17) is 15.3 Å². The minimum Gasteiger partial charge on any atom is -0.434 e. The zero-order valence-corrected chi connectivity index (χ0v) is 18.6. The van der Waals surface area contributed by atoms with Crippen molar-refractivity contribution in [3.05, 3.63) is 94.9 Å². The number of nitrogens with one attached hydrogen (secondary N) is 1. The molecule has 0 saturated heterocycles. The number of hydrogen-bond acceptors (Lipinski definition) is 7. The number of nitrogens with zero attached hydrogens (tertiary/aromatic N) is 4. The van der Waals surface area contributed by atoms with Crippen LogP contribution >= 0.6 is 11.3 Å². The van der Waals surface area contributed by atoms with Crippen molar-refractivity contribution in [3.63, 3.8) is 0 Å². The summed E-state index contributed by atoms with van der Waals surface area (Å²) in [5.74, 6) is -2.27. The summed E-state index contributed by atoms with van der Waals surface area (Å²) in [6.07, 6.45) is 0. The molecule has 0 bridgehead atoms. The molecule has 0 aliphatic rings. The van der Waals surface area contributed by atoms with Crippen LogP contribution in [-0.2, 0) is 0 Å². The summed E-state index contributed by atoms with van der Waals surface area (Å²) in [7, 11) is 0.